The molecule has 2 aliphatic rings. The van der Waals surface area contributed by atoms with Crippen molar-refractivity contribution in [2.45, 2.75) is 29.6 Å². The van der Waals surface area contributed by atoms with Crippen LogP contribution in [0.4, 0.5) is 9.93 Å². The molecule has 0 bridgehead atoms. The zero-order valence-electron chi connectivity index (χ0n) is 24.4. The highest BCUT2D eigenvalue weighted by Gasteiger charge is 2.54. The summed E-state index contributed by atoms with van der Waals surface area (Å²) >= 11 is 4.86. The second-order valence-corrected chi connectivity index (χ2v) is 13.5. The van der Waals surface area contributed by atoms with E-state index in [0.717, 1.165) is 11.3 Å². The van der Waals surface area contributed by atoms with Gasteiger partial charge in [-0.1, -0.05) is 28.3 Å². The molecule has 0 aliphatic carbocycles. The highest BCUT2D eigenvalue weighted by molar-refractivity contribution is 8.01. The van der Waals surface area contributed by atoms with Gasteiger partial charge in [-0.2, -0.15) is 0 Å². The summed E-state index contributed by atoms with van der Waals surface area (Å²) in [5.41, 5.74) is 6.71. The Hall–Kier alpha value is -4.73. The van der Waals surface area contributed by atoms with Crippen molar-refractivity contribution in [2.24, 2.45) is 5.16 Å². The minimum atomic E-state index is -1.61. The van der Waals surface area contributed by atoms with Gasteiger partial charge in [-0.15, -0.1) is 33.3 Å². The lowest BCUT2D eigenvalue weighted by molar-refractivity contribution is -0.148. The number of esters is 2. The first-order chi connectivity index (χ1) is 22.4. The van der Waals surface area contributed by atoms with Crippen LogP contribution in [0.5, 0.6) is 11.5 Å². The summed E-state index contributed by atoms with van der Waals surface area (Å²) in [7, 11) is 1.25. The number of anilines is 1. The molecule has 2 atom stereocenters. The normalized spacial score (nSPS) is 17.4. The van der Waals surface area contributed by atoms with Crippen molar-refractivity contribution in [3.05, 3.63) is 40.7 Å². The van der Waals surface area contributed by atoms with Crippen molar-refractivity contribution < 1.29 is 48.1 Å². The molecule has 4 N–H and O–H groups in total. The van der Waals surface area contributed by atoms with Crippen molar-refractivity contribution in [2.75, 3.05) is 24.3 Å². The summed E-state index contributed by atoms with van der Waals surface area (Å²) in [6.07, 6.45) is -1.61. The molecule has 17 nitrogen and oxygen atoms in total. The molecule has 2 amide bonds. The average Bonchev–Trinajstić information content (AvgIpc) is 3.66. The highest BCUT2D eigenvalue weighted by Crippen LogP contribution is 2.43. The van der Waals surface area contributed by atoms with Crippen LogP contribution < -0.4 is 20.5 Å². The van der Waals surface area contributed by atoms with Gasteiger partial charge in [0.25, 0.3) is 11.8 Å². The van der Waals surface area contributed by atoms with Gasteiger partial charge in [0.2, 0.25) is 5.88 Å². The van der Waals surface area contributed by atoms with Crippen LogP contribution in [-0.4, -0.2) is 90.8 Å². The Morgan fingerprint density at radius 2 is 1.89 bits per heavy atom. The summed E-state index contributed by atoms with van der Waals surface area (Å²) in [5.74, 6) is -2.05. The smallest absolute Gasteiger partial charge is 0.449 e. The van der Waals surface area contributed by atoms with Crippen LogP contribution in [0.15, 0.2) is 44.5 Å². The molecule has 1 aromatic carbocycles. The molecule has 246 valence electrons. The first-order valence-electron chi connectivity index (χ1n) is 13.1. The zero-order chi connectivity index (χ0) is 33.8. The Bertz CT molecular complexity index is 1820. The number of carbonyl (C=O) groups is 5. The van der Waals surface area contributed by atoms with Crippen molar-refractivity contribution in [3.63, 3.8) is 0 Å². The third-order valence-corrected chi connectivity index (χ3v) is 10.3. The number of benzene rings is 1. The van der Waals surface area contributed by atoms with Crippen LogP contribution in [0.25, 0.3) is 10.6 Å². The van der Waals surface area contributed by atoms with E-state index >= 15 is 0 Å². The first-order valence-corrected chi connectivity index (χ1v) is 16.9. The lowest BCUT2D eigenvalue weighted by atomic mass is 10.1. The number of nitrogens with one attached hydrogen (secondary N) is 1. The largest absolute Gasteiger partial charge is 0.512 e. The van der Waals surface area contributed by atoms with Gasteiger partial charge in [0.15, 0.2) is 26.7 Å². The van der Waals surface area contributed by atoms with Crippen LogP contribution in [0, 0.1) is 0 Å². The number of β-lactam (4-membered cyclic amide) rings is 1. The molecule has 3 aromatic rings. The van der Waals surface area contributed by atoms with Crippen LogP contribution in [0.1, 0.15) is 19.5 Å². The van der Waals surface area contributed by atoms with Gasteiger partial charge in [-0.3, -0.25) is 24.1 Å². The molecule has 1 saturated heterocycles. The topological polar surface area (TPSA) is 235 Å². The number of nitrogens with two attached hydrogens (primary N) is 1. The SMILES string of the molecule is CON=C(C(=O)N[C@@H]1C(=O)N2C(OC(=O)O)=C(CSc3nnc(-c4ccc(OC(C)=O)c(OC(C)=O)c4)s3)CS[C@@H]12)c1csc(N)n1. The van der Waals surface area contributed by atoms with Crippen LogP contribution in [0.3, 0.4) is 0 Å². The third kappa shape index (κ3) is 7.64. The van der Waals surface area contributed by atoms with E-state index < -0.39 is 41.3 Å². The van der Waals surface area contributed by atoms with Gasteiger partial charge in [0, 0.05) is 41.9 Å². The number of hydrogen-bond acceptors (Lipinski definition) is 18. The highest BCUT2D eigenvalue weighted by atomic mass is 32.2. The molecule has 0 saturated carbocycles. The minimum absolute atomic E-state index is 0.0350. The maximum Gasteiger partial charge on any atom is 0.512 e. The number of ether oxygens (including phenoxy) is 3. The number of oxime groups is 1. The van der Waals surface area contributed by atoms with E-state index in [4.69, 9.17) is 24.8 Å². The summed E-state index contributed by atoms with van der Waals surface area (Å²) in [6, 6.07) is 3.59. The third-order valence-electron chi connectivity index (χ3n) is 6.10. The van der Waals surface area contributed by atoms with Gasteiger partial charge in [0.1, 0.15) is 29.2 Å². The Labute approximate surface area is 281 Å². The number of amides is 2. The minimum Gasteiger partial charge on any atom is -0.449 e. The van der Waals surface area contributed by atoms with Crippen LogP contribution in [-0.2, 0) is 28.8 Å². The molecule has 0 unspecified atom stereocenters. The van der Waals surface area contributed by atoms with E-state index in [0.29, 0.717) is 20.5 Å². The van der Waals surface area contributed by atoms with E-state index in [-0.39, 0.29) is 45.4 Å². The number of thioether (sulfide) groups is 2. The number of hydrogen-bond donors (Lipinski definition) is 3. The summed E-state index contributed by atoms with van der Waals surface area (Å²) < 4.78 is 15.8. The number of fused-ring (bicyclic) bond motifs is 1. The Kier molecular flexibility index (Phi) is 10.3. The standard InChI is InChI=1S/C26H23N7O10S4/c1-10(34)41-15-5-4-12(6-16(15)42-11(2)35)20-30-31-25(47-20)46-8-13-7-44-23-18(21(37)33(23)22(13)43-26(38)39)29-19(36)17(32-40-3)14-9-45-24(27)28-14/h4-6,9,18,23H,7-8H2,1-3H3,(H2,27,28)(H,29,36)(H,38,39)/t18-,23+/m1/s1. The van der Waals surface area contributed by atoms with Crippen molar-refractivity contribution in [1.82, 2.24) is 25.4 Å². The fourth-order valence-electron chi connectivity index (χ4n) is 4.26. The van der Waals surface area contributed by atoms with Gasteiger partial charge in [0.05, 0.1) is 0 Å². The fourth-order valence-corrected chi connectivity index (χ4v) is 8.10. The van der Waals surface area contributed by atoms with E-state index in [2.05, 4.69) is 25.7 Å². The van der Waals surface area contributed by atoms with E-state index in [1.807, 2.05) is 0 Å². The molecule has 21 heteroatoms. The predicted octanol–water partition coefficient (Wildman–Crippen LogP) is 2.54. The van der Waals surface area contributed by atoms with Gasteiger partial charge in [-0.05, 0) is 18.2 Å². The Morgan fingerprint density at radius 1 is 1.15 bits per heavy atom. The lowest BCUT2D eigenvalue weighted by Crippen LogP contribution is -2.70. The number of aromatic nitrogens is 3. The number of nitrogen functional groups attached to an aromatic ring is 1. The number of nitrogens with zero attached hydrogens (tertiary/aromatic N) is 5. The summed E-state index contributed by atoms with van der Waals surface area (Å²) in [6.45, 7) is 2.43. The average molecular weight is 722 g/mol. The first kappa shape index (κ1) is 33.6. The number of rotatable bonds is 11. The van der Waals surface area contributed by atoms with Crippen LogP contribution >= 0.6 is 46.2 Å². The molecule has 1 fully saturated rings. The Morgan fingerprint density at radius 3 is 2.55 bits per heavy atom. The van der Waals surface area contributed by atoms with Crippen LogP contribution in [0.2, 0.25) is 0 Å². The predicted molar refractivity (Wildman–Crippen MR) is 170 cm³/mol. The van der Waals surface area contributed by atoms with E-state index in [1.165, 1.54) is 78.2 Å². The molecule has 5 rings (SSSR count). The second-order valence-electron chi connectivity index (χ2n) is 9.34. The molecule has 47 heavy (non-hydrogen) atoms. The maximum absolute atomic E-state index is 13.2. The molecule has 0 spiro atoms. The molecular weight excluding hydrogens is 699 g/mol. The quantitative estimate of drug-likeness (QED) is 0.0644. The molecule has 0 radical (unpaired) electrons. The van der Waals surface area contributed by atoms with Gasteiger partial charge >= 0.3 is 18.1 Å². The molecule has 4 heterocycles. The van der Waals surface area contributed by atoms with Crippen molar-refractivity contribution >= 4 is 86.9 Å². The summed E-state index contributed by atoms with van der Waals surface area (Å²) in [4.78, 5) is 70.8. The zero-order valence-corrected chi connectivity index (χ0v) is 27.7. The van der Waals surface area contributed by atoms with Crippen molar-refractivity contribution in [1.29, 1.82) is 0 Å². The fraction of sp³-hybridized carbons (Fsp3) is 0.269. The van der Waals surface area contributed by atoms with Crippen molar-refractivity contribution in [3.8, 4) is 22.1 Å². The Balaban J connectivity index is 1.29. The molecule has 2 aromatic heterocycles. The molecule has 2 aliphatic heterocycles. The monoisotopic (exact) mass is 721 g/mol. The second kappa shape index (κ2) is 14.4. The number of thiazole rings is 1. The maximum atomic E-state index is 13.2. The van der Waals surface area contributed by atoms with Gasteiger partial charge < -0.3 is 35.2 Å². The van der Waals surface area contributed by atoms with E-state index in [9.17, 15) is 29.1 Å². The molecular formula is C26H23N7O10S4. The van der Waals surface area contributed by atoms with Gasteiger partial charge in [-0.25, -0.2) is 9.78 Å². The summed E-state index contributed by atoms with van der Waals surface area (Å²) in [5, 5.41) is 25.7. The number of carbonyl (C=O) groups excluding carboxylic acids is 4. The van der Waals surface area contributed by atoms with E-state index in [1.54, 1.807) is 6.07 Å². The number of carboxylic acid groups (broad SMARTS) is 1. The lowest BCUT2D eigenvalue weighted by Gasteiger charge is -2.49.